The molecule has 0 unspecified atom stereocenters. The van der Waals surface area contributed by atoms with Crippen molar-refractivity contribution in [3.8, 4) is 5.75 Å². The minimum absolute atomic E-state index is 0.111. The molecule has 3 aromatic carbocycles. The number of nitrogens with one attached hydrogen (secondary N) is 1. The van der Waals surface area contributed by atoms with E-state index in [9.17, 15) is 9.59 Å². The first-order valence-electron chi connectivity index (χ1n) is 9.66. The quantitative estimate of drug-likeness (QED) is 0.230. The molecule has 7 nitrogen and oxygen atoms in total. The number of carboxylic acids is 1. The van der Waals surface area contributed by atoms with Crippen molar-refractivity contribution < 1.29 is 23.8 Å². The molecule has 1 heterocycles. The van der Waals surface area contributed by atoms with Crippen LogP contribution in [0.2, 0.25) is 5.02 Å². The topological polar surface area (TPSA) is 101 Å². The highest BCUT2D eigenvalue weighted by molar-refractivity contribution is 9.10. The predicted molar refractivity (Wildman–Crippen MR) is 128 cm³/mol. The summed E-state index contributed by atoms with van der Waals surface area (Å²) in [5.41, 5.74) is 4.63. The molecule has 0 fully saturated rings. The Morgan fingerprint density at radius 3 is 2.64 bits per heavy atom. The molecule has 0 aliphatic carbocycles. The van der Waals surface area contributed by atoms with Gasteiger partial charge in [-0.05, 0) is 60.2 Å². The van der Waals surface area contributed by atoms with E-state index in [1.165, 1.54) is 18.3 Å². The van der Waals surface area contributed by atoms with Crippen molar-refractivity contribution in [2.75, 3.05) is 0 Å². The summed E-state index contributed by atoms with van der Waals surface area (Å²) in [7, 11) is 0. The van der Waals surface area contributed by atoms with Crippen LogP contribution in [-0.2, 0) is 6.61 Å². The SMILES string of the molecule is O=C(O)c1ccc(COc2ccc(Br)cc2/C=N/NC(=O)c2cc3cc(Cl)ccc3o2)cc1. The molecule has 4 rings (SSSR count). The van der Waals surface area contributed by atoms with Gasteiger partial charge in [0.25, 0.3) is 0 Å². The summed E-state index contributed by atoms with van der Waals surface area (Å²) in [6.07, 6.45) is 1.46. The van der Waals surface area contributed by atoms with E-state index in [-0.39, 0.29) is 17.9 Å². The van der Waals surface area contributed by atoms with Crippen LogP contribution in [0, 0.1) is 0 Å². The van der Waals surface area contributed by atoms with Crippen LogP contribution in [0.3, 0.4) is 0 Å². The maximum Gasteiger partial charge on any atom is 0.335 e. The van der Waals surface area contributed by atoms with Crippen LogP contribution in [0.4, 0.5) is 0 Å². The van der Waals surface area contributed by atoms with Gasteiger partial charge in [-0.15, -0.1) is 0 Å². The lowest BCUT2D eigenvalue weighted by Crippen LogP contribution is -2.16. The first-order valence-corrected chi connectivity index (χ1v) is 10.8. The number of furan rings is 1. The maximum absolute atomic E-state index is 12.4. The van der Waals surface area contributed by atoms with Crippen LogP contribution in [0.5, 0.6) is 5.75 Å². The first kappa shape index (κ1) is 22.6. The van der Waals surface area contributed by atoms with E-state index in [1.54, 1.807) is 48.5 Å². The van der Waals surface area contributed by atoms with Gasteiger partial charge in [0.2, 0.25) is 0 Å². The van der Waals surface area contributed by atoms with E-state index < -0.39 is 11.9 Å². The van der Waals surface area contributed by atoms with Gasteiger partial charge in [0, 0.05) is 20.4 Å². The summed E-state index contributed by atoms with van der Waals surface area (Å²) in [5, 5.41) is 14.3. The Morgan fingerprint density at radius 2 is 1.88 bits per heavy atom. The lowest BCUT2D eigenvalue weighted by atomic mass is 10.1. The van der Waals surface area contributed by atoms with Crippen molar-refractivity contribution in [3.63, 3.8) is 0 Å². The molecular formula is C24H16BrClN2O5. The lowest BCUT2D eigenvalue weighted by Gasteiger charge is -2.10. The van der Waals surface area contributed by atoms with Crippen LogP contribution in [0.1, 0.15) is 32.0 Å². The van der Waals surface area contributed by atoms with E-state index in [2.05, 4.69) is 26.5 Å². The summed E-state index contributed by atoms with van der Waals surface area (Å²) in [4.78, 5) is 23.4. The van der Waals surface area contributed by atoms with Crippen LogP contribution in [0.25, 0.3) is 11.0 Å². The molecule has 9 heteroatoms. The number of rotatable bonds is 7. The van der Waals surface area contributed by atoms with Crippen LogP contribution < -0.4 is 10.2 Å². The molecule has 2 N–H and O–H groups in total. The highest BCUT2D eigenvalue weighted by atomic mass is 79.9. The van der Waals surface area contributed by atoms with Crippen molar-refractivity contribution in [3.05, 3.63) is 98.7 Å². The van der Waals surface area contributed by atoms with Gasteiger partial charge in [-0.25, -0.2) is 10.2 Å². The van der Waals surface area contributed by atoms with Crippen molar-refractivity contribution in [2.24, 2.45) is 5.10 Å². The van der Waals surface area contributed by atoms with Gasteiger partial charge in [0.05, 0.1) is 11.8 Å². The van der Waals surface area contributed by atoms with E-state index >= 15 is 0 Å². The fraction of sp³-hybridized carbons (Fsp3) is 0.0417. The van der Waals surface area contributed by atoms with Crippen LogP contribution in [-0.4, -0.2) is 23.2 Å². The number of hydrogen-bond donors (Lipinski definition) is 2. The molecule has 0 saturated carbocycles. The fourth-order valence-corrected chi connectivity index (χ4v) is 3.56. The van der Waals surface area contributed by atoms with Crippen LogP contribution in [0.15, 0.2) is 80.7 Å². The third kappa shape index (κ3) is 5.60. The number of fused-ring (bicyclic) bond motifs is 1. The maximum atomic E-state index is 12.4. The smallest absolute Gasteiger partial charge is 0.335 e. The molecule has 0 saturated heterocycles. The average molecular weight is 528 g/mol. The van der Waals surface area contributed by atoms with E-state index in [4.69, 9.17) is 25.9 Å². The van der Waals surface area contributed by atoms with E-state index in [1.807, 2.05) is 6.07 Å². The number of ether oxygens (including phenoxy) is 1. The first-order chi connectivity index (χ1) is 15.9. The highest BCUT2D eigenvalue weighted by Crippen LogP contribution is 2.24. The minimum atomic E-state index is -0.984. The normalized spacial score (nSPS) is 11.1. The average Bonchev–Trinajstić information content (AvgIpc) is 3.22. The van der Waals surface area contributed by atoms with Gasteiger partial charge in [0.1, 0.15) is 17.9 Å². The molecule has 0 bridgehead atoms. The third-order valence-electron chi connectivity index (χ3n) is 4.64. The van der Waals surface area contributed by atoms with Gasteiger partial charge in [-0.2, -0.15) is 5.10 Å². The molecule has 166 valence electrons. The summed E-state index contributed by atoms with van der Waals surface area (Å²) in [5.74, 6) is -0.839. The zero-order chi connectivity index (χ0) is 23.4. The summed E-state index contributed by atoms with van der Waals surface area (Å²) >= 11 is 9.38. The number of benzene rings is 3. The number of carboxylic acid groups (broad SMARTS) is 1. The van der Waals surface area contributed by atoms with Crippen molar-refractivity contribution >= 4 is 56.6 Å². The van der Waals surface area contributed by atoms with Gasteiger partial charge in [-0.3, -0.25) is 4.79 Å². The number of carbonyl (C=O) groups is 2. The van der Waals surface area contributed by atoms with Crippen molar-refractivity contribution in [1.82, 2.24) is 5.43 Å². The minimum Gasteiger partial charge on any atom is -0.488 e. The third-order valence-corrected chi connectivity index (χ3v) is 5.37. The molecule has 1 aromatic heterocycles. The molecule has 33 heavy (non-hydrogen) atoms. The summed E-state index contributed by atoms with van der Waals surface area (Å²) in [6, 6.07) is 18.5. The number of carbonyl (C=O) groups excluding carboxylic acids is 1. The number of nitrogens with zero attached hydrogens (tertiary/aromatic N) is 1. The van der Waals surface area contributed by atoms with Gasteiger partial charge in [0.15, 0.2) is 5.76 Å². The number of amides is 1. The van der Waals surface area contributed by atoms with Gasteiger partial charge in [-0.1, -0.05) is 39.7 Å². The Balaban J connectivity index is 1.44. The van der Waals surface area contributed by atoms with E-state index in [0.29, 0.717) is 21.9 Å². The summed E-state index contributed by atoms with van der Waals surface area (Å²) < 4.78 is 12.2. The molecule has 4 aromatic rings. The highest BCUT2D eigenvalue weighted by Gasteiger charge is 2.12. The van der Waals surface area contributed by atoms with Crippen molar-refractivity contribution in [2.45, 2.75) is 6.61 Å². The number of hydrogen-bond acceptors (Lipinski definition) is 5. The summed E-state index contributed by atoms with van der Waals surface area (Å²) in [6.45, 7) is 0.232. The Kier molecular flexibility index (Phi) is 6.76. The predicted octanol–water partition coefficient (Wildman–Crippen LogP) is 5.89. The fourth-order valence-electron chi connectivity index (χ4n) is 3.00. The number of aromatic carboxylic acids is 1. The number of halogens is 2. The molecule has 0 spiro atoms. The standard InChI is InChI=1S/C24H16BrClN2O5/c25-18-5-7-20(32-13-14-1-3-15(4-2-14)24(30)31)17(9-18)12-27-28-23(29)22-11-16-10-19(26)6-8-21(16)33-22/h1-12H,13H2,(H,28,29)(H,30,31)/b27-12+. The number of hydrazone groups is 1. The Hall–Kier alpha value is -3.62. The molecule has 0 atom stereocenters. The second kappa shape index (κ2) is 9.89. The second-order valence-corrected chi connectivity index (χ2v) is 8.32. The Morgan fingerprint density at radius 1 is 1.09 bits per heavy atom. The Labute approximate surface area is 201 Å². The molecule has 1 amide bonds. The van der Waals surface area contributed by atoms with E-state index in [0.717, 1.165) is 15.4 Å². The van der Waals surface area contributed by atoms with Gasteiger partial charge >= 0.3 is 11.9 Å². The lowest BCUT2D eigenvalue weighted by molar-refractivity contribution is 0.0696. The monoisotopic (exact) mass is 526 g/mol. The second-order valence-electron chi connectivity index (χ2n) is 6.96. The Bertz CT molecular complexity index is 1370. The zero-order valence-electron chi connectivity index (χ0n) is 16.9. The van der Waals surface area contributed by atoms with Crippen LogP contribution >= 0.6 is 27.5 Å². The van der Waals surface area contributed by atoms with Gasteiger partial charge < -0.3 is 14.3 Å². The largest absolute Gasteiger partial charge is 0.488 e. The van der Waals surface area contributed by atoms with Crippen molar-refractivity contribution in [1.29, 1.82) is 0 Å². The molecular weight excluding hydrogens is 512 g/mol. The molecule has 0 aliphatic rings. The molecule has 0 radical (unpaired) electrons. The molecule has 0 aliphatic heterocycles. The zero-order valence-corrected chi connectivity index (χ0v) is 19.3.